The van der Waals surface area contributed by atoms with Gasteiger partial charge in [0.2, 0.25) is 5.91 Å². The summed E-state index contributed by atoms with van der Waals surface area (Å²) < 4.78 is 28.1. The minimum Gasteiger partial charge on any atom is -0.354 e. The molecule has 8 heteroatoms. The molecule has 1 aromatic carbocycles. The maximum absolute atomic E-state index is 12.9. The summed E-state index contributed by atoms with van der Waals surface area (Å²) in [6, 6.07) is 5.62. The van der Waals surface area contributed by atoms with E-state index in [2.05, 4.69) is 24.1 Å². The van der Waals surface area contributed by atoms with Crippen LogP contribution in [0.1, 0.15) is 37.8 Å². The Balaban J connectivity index is 1.97. The Labute approximate surface area is 182 Å². The summed E-state index contributed by atoms with van der Waals surface area (Å²) in [4.78, 5) is 15.1. The van der Waals surface area contributed by atoms with E-state index in [0.717, 1.165) is 41.5 Å². The zero-order chi connectivity index (χ0) is 22.5. The zero-order valence-corrected chi connectivity index (χ0v) is 20.1. The van der Waals surface area contributed by atoms with Gasteiger partial charge >= 0.3 is 10.2 Å². The molecule has 0 unspecified atom stereocenters. The molecule has 0 saturated carbocycles. The van der Waals surface area contributed by atoms with Crippen LogP contribution in [0.3, 0.4) is 0 Å². The average molecular weight is 439 g/mol. The van der Waals surface area contributed by atoms with Gasteiger partial charge in [-0.25, -0.2) is 4.31 Å². The van der Waals surface area contributed by atoms with Crippen molar-refractivity contribution in [3.63, 3.8) is 0 Å². The number of benzene rings is 1. The molecule has 1 heterocycles. The molecule has 1 saturated heterocycles. The van der Waals surface area contributed by atoms with Crippen molar-refractivity contribution >= 4 is 21.8 Å². The largest absolute Gasteiger partial charge is 0.354 e. The van der Waals surface area contributed by atoms with E-state index in [9.17, 15) is 13.2 Å². The third-order valence-corrected chi connectivity index (χ3v) is 7.38. The van der Waals surface area contributed by atoms with Gasteiger partial charge in [0.25, 0.3) is 0 Å². The van der Waals surface area contributed by atoms with Crippen molar-refractivity contribution in [3.8, 4) is 0 Å². The number of carbonyl (C=O) groups is 1. The van der Waals surface area contributed by atoms with E-state index < -0.39 is 10.2 Å². The van der Waals surface area contributed by atoms with Crippen LogP contribution >= 0.6 is 0 Å². The Kier molecular flexibility index (Phi) is 8.70. The lowest BCUT2D eigenvalue weighted by molar-refractivity contribution is -0.119. The summed E-state index contributed by atoms with van der Waals surface area (Å²) >= 11 is 0. The van der Waals surface area contributed by atoms with Crippen molar-refractivity contribution in [2.75, 3.05) is 51.1 Å². The van der Waals surface area contributed by atoms with Crippen LogP contribution < -0.4 is 9.62 Å². The van der Waals surface area contributed by atoms with Crippen molar-refractivity contribution in [1.29, 1.82) is 0 Å². The number of nitrogens with one attached hydrogen (secondary N) is 1. The Morgan fingerprint density at radius 1 is 1.17 bits per heavy atom. The predicted molar refractivity (Wildman–Crippen MR) is 123 cm³/mol. The fourth-order valence-electron chi connectivity index (χ4n) is 4.17. The van der Waals surface area contributed by atoms with Crippen molar-refractivity contribution in [3.05, 3.63) is 29.3 Å². The highest BCUT2D eigenvalue weighted by Crippen LogP contribution is 2.25. The Morgan fingerprint density at radius 3 is 2.40 bits per heavy atom. The monoisotopic (exact) mass is 438 g/mol. The van der Waals surface area contributed by atoms with Crippen molar-refractivity contribution < 1.29 is 13.2 Å². The number of aryl methyl sites for hydroxylation is 2. The SMILES string of the molecule is Cc1ccc(C)c(N(CC(=O)NCCCN2C[C@H](C)C[C@@H](C)C2)S(=O)(=O)N(C)C)c1. The van der Waals surface area contributed by atoms with Gasteiger partial charge < -0.3 is 10.2 Å². The lowest BCUT2D eigenvalue weighted by Crippen LogP contribution is -2.46. The van der Waals surface area contributed by atoms with Gasteiger partial charge in [0.1, 0.15) is 6.54 Å². The first-order valence-electron chi connectivity index (χ1n) is 10.8. The number of likely N-dealkylation sites (tertiary alicyclic amines) is 1. The minimum atomic E-state index is -3.79. The molecule has 2 atom stereocenters. The Hall–Kier alpha value is -1.64. The van der Waals surface area contributed by atoms with Crippen LogP contribution in [0.15, 0.2) is 18.2 Å². The maximum atomic E-state index is 12.9. The number of anilines is 1. The standard InChI is InChI=1S/C22H38N4O3S/c1-17-8-9-20(4)21(13-17)26(30(28,29)24(5)6)16-22(27)23-10-7-11-25-14-18(2)12-19(3)15-25/h8-9,13,18-19H,7,10-12,14-16H2,1-6H3,(H,23,27)/t18-,19-/m1/s1. The van der Waals surface area contributed by atoms with Gasteiger partial charge in [0.15, 0.2) is 0 Å². The molecule has 0 spiro atoms. The lowest BCUT2D eigenvalue weighted by Gasteiger charge is -2.35. The van der Waals surface area contributed by atoms with Crippen LogP contribution in [0.5, 0.6) is 0 Å². The number of hydrogen-bond donors (Lipinski definition) is 1. The van der Waals surface area contributed by atoms with E-state index in [1.807, 2.05) is 32.0 Å². The molecule has 170 valence electrons. The van der Waals surface area contributed by atoms with Gasteiger partial charge in [-0.05, 0) is 62.3 Å². The molecule has 0 radical (unpaired) electrons. The highest BCUT2D eigenvalue weighted by atomic mass is 32.2. The second kappa shape index (κ2) is 10.6. The second-order valence-electron chi connectivity index (χ2n) is 9.00. The van der Waals surface area contributed by atoms with Crippen molar-refractivity contribution in [1.82, 2.24) is 14.5 Å². The van der Waals surface area contributed by atoms with Gasteiger partial charge in [-0.2, -0.15) is 12.7 Å². The summed E-state index contributed by atoms with van der Waals surface area (Å²) in [6.45, 7) is 11.8. The average Bonchev–Trinajstić information content (AvgIpc) is 2.64. The Morgan fingerprint density at radius 2 is 1.80 bits per heavy atom. The molecule has 2 rings (SSSR count). The summed E-state index contributed by atoms with van der Waals surface area (Å²) in [6.07, 6.45) is 2.14. The first-order valence-corrected chi connectivity index (χ1v) is 12.2. The molecule has 1 aliphatic rings. The third-order valence-electron chi connectivity index (χ3n) is 5.58. The quantitative estimate of drug-likeness (QED) is 0.601. The number of piperidine rings is 1. The molecule has 1 N–H and O–H groups in total. The van der Waals surface area contributed by atoms with Gasteiger partial charge in [0, 0.05) is 33.7 Å². The highest BCUT2D eigenvalue weighted by molar-refractivity contribution is 7.90. The maximum Gasteiger partial charge on any atom is 0.304 e. The zero-order valence-electron chi connectivity index (χ0n) is 19.3. The molecule has 0 aromatic heterocycles. The number of hydrogen-bond acceptors (Lipinski definition) is 4. The number of amides is 1. The van der Waals surface area contributed by atoms with E-state index in [0.29, 0.717) is 24.1 Å². The first-order chi connectivity index (χ1) is 14.0. The van der Waals surface area contributed by atoms with Crippen LogP contribution in [0.2, 0.25) is 0 Å². The van der Waals surface area contributed by atoms with E-state index in [1.165, 1.54) is 24.8 Å². The van der Waals surface area contributed by atoms with Gasteiger partial charge in [-0.15, -0.1) is 0 Å². The molecule has 1 aliphatic heterocycles. The fraction of sp³-hybridized carbons (Fsp3) is 0.682. The second-order valence-corrected chi connectivity index (χ2v) is 11.1. The lowest BCUT2D eigenvalue weighted by atomic mass is 9.92. The van der Waals surface area contributed by atoms with E-state index >= 15 is 0 Å². The van der Waals surface area contributed by atoms with E-state index in [1.54, 1.807) is 0 Å². The van der Waals surface area contributed by atoms with Crippen LogP contribution in [-0.4, -0.2) is 70.3 Å². The third kappa shape index (κ3) is 6.68. The van der Waals surface area contributed by atoms with Crippen molar-refractivity contribution in [2.24, 2.45) is 11.8 Å². The molecule has 7 nitrogen and oxygen atoms in total. The smallest absolute Gasteiger partial charge is 0.304 e. The van der Waals surface area contributed by atoms with Crippen LogP contribution in [-0.2, 0) is 15.0 Å². The Bertz CT molecular complexity index is 816. The normalized spacial score (nSPS) is 20.4. The summed E-state index contributed by atoms with van der Waals surface area (Å²) in [7, 11) is -0.832. The summed E-state index contributed by atoms with van der Waals surface area (Å²) in [5.74, 6) is 1.14. The molecule has 0 aliphatic carbocycles. The minimum absolute atomic E-state index is 0.234. The summed E-state index contributed by atoms with van der Waals surface area (Å²) in [5.41, 5.74) is 2.29. The molecule has 0 bridgehead atoms. The van der Waals surface area contributed by atoms with E-state index in [4.69, 9.17) is 0 Å². The van der Waals surface area contributed by atoms with Crippen LogP contribution in [0, 0.1) is 25.7 Å². The van der Waals surface area contributed by atoms with Crippen LogP contribution in [0.4, 0.5) is 5.69 Å². The molecule has 1 amide bonds. The molecular weight excluding hydrogens is 400 g/mol. The van der Waals surface area contributed by atoms with Crippen molar-refractivity contribution in [2.45, 2.75) is 40.5 Å². The molecule has 1 aromatic rings. The van der Waals surface area contributed by atoms with Crippen LogP contribution in [0.25, 0.3) is 0 Å². The topological polar surface area (TPSA) is 73.0 Å². The fourth-order valence-corrected chi connectivity index (χ4v) is 5.29. The first kappa shape index (κ1) is 24.6. The predicted octanol–water partition coefficient (Wildman–Crippen LogP) is 2.40. The highest BCUT2D eigenvalue weighted by Gasteiger charge is 2.28. The molecule has 1 fully saturated rings. The number of nitrogens with zero attached hydrogens (tertiary/aromatic N) is 3. The summed E-state index contributed by atoms with van der Waals surface area (Å²) in [5, 5.41) is 2.90. The molecule has 30 heavy (non-hydrogen) atoms. The molecular formula is C22H38N4O3S. The number of rotatable bonds is 9. The van der Waals surface area contributed by atoms with Gasteiger partial charge in [-0.1, -0.05) is 26.0 Å². The number of carbonyl (C=O) groups excluding carboxylic acids is 1. The van der Waals surface area contributed by atoms with Gasteiger partial charge in [-0.3, -0.25) is 4.79 Å². The van der Waals surface area contributed by atoms with E-state index in [-0.39, 0.29) is 12.5 Å². The van der Waals surface area contributed by atoms with Gasteiger partial charge in [0.05, 0.1) is 5.69 Å².